The summed E-state index contributed by atoms with van der Waals surface area (Å²) in [5.41, 5.74) is 4.99. The minimum atomic E-state index is -0.422. The molecular weight excluding hydrogens is 260 g/mol. The predicted molar refractivity (Wildman–Crippen MR) is 73.1 cm³/mol. The van der Waals surface area contributed by atoms with E-state index in [1.54, 1.807) is 27.9 Å². The van der Waals surface area contributed by atoms with Crippen LogP contribution in [-0.4, -0.2) is 46.3 Å². The molecule has 1 atom stereocenters. The van der Waals surface area contributed by atoms with Gasteiger partial charge in [-0.2, -0.15) is 12.6 Å². The molecule has 0 aromatic carbocycles. The Hall–Kier alpha value is -0.860. The normalized spacial score (nSPS) is 11.9. The molecule has 2 N–H and O–H groups in total. The first-order chi connectivity index (χ1) is 7.73. The maximum absolute atomic E-state index is 11.4. The van der Waals surface area contributed by atoms with E-state index >= 15 is 0 Å². The van der Waals surface area contributed by atoms with Crippen molar-refractivity contribution in [3.05, 3.63) is 0 Å². The summed E-state index contributed by atoms with van der Waals surface area (Å²) in [6.07, 6.45) is -0.266. The molecule has 2 amide bonds. The number of amides is 2. The van der Waals surface area contributed by atoms with Gasteiger partial charge < -0.3 is 0 Å². The van der Waals surface area contributed by atoms with E-state index in [2.05, 4.69) is 23.5 Å². The molecule has 0 aliphatic rings. The van der Waals surface area contributed by atoms with Crippen molar-refractivity contribution in [2.45, 2.75) is 25.6 Å². The van der Waals surface area contributed by atoms with Crippen LogP contribution < -0.4 is 10.9 Å². The second kappa shape index (κ2) is 7.46. The standard InChI is InChI=1S/C9H18N4O2S2/c1-6(16)12(3)10-8(14)5-9(15)11-13(4)7(2)17/h6,16H,5H2,1-4H3,(H,10,14)(H,11,15). The van der Waals surface area contributed by atoms with Crippen molar-refractivity contribution < 1.29 is 9.59 Å². The molecule has 0 aliphatic carbocycles. The van der Waals surface area contributed by atoms with Crippen LogP contribution in [0.25, 0.3) is 0 Å². The van der Waals surface area contributed by atoms with Crippen LogP contribution >= 0.6 is 24.8 Å². The van der Waals surface area contributed by atoms with Gasteiger partial charge in [-0.25, -0.2) is 5.01 Å². The van der Waals surface area contributed by atoms with Gasteiger partial charge in [0.05, 0.1) is 10.4 Å². The van der Waals surface area contributed by atoms with E-state index in [0.29, 0.717) is 4.99 Å². The lowest BCUT2D eigenvalue weighted by molar-refractivity contribution is -0.133. The molecule has 98 valence electrons. The summed E-state index contributed by atoms with van der Waals surface area (Å²) in [4.78, 5) is 23.3. The number of carbonyl (C=O) groups excluding carboxylic acids is 2. The van der Waals surface area contributed by atoms with Gasteiger partial charge in [0.15, 0.2) is 0 Å². The van der Waals surface area contributed by atoms with Gasteiger partial charge in [0.2, 0.25) is 11.8 Å². The third-order valence-corrected chi connectivity index (χ3v) is 2.57. The molecule has 1 unspecified atom stereocenters. The Kier molecular flexibility index (Phi) is 7.09. The fraction of sp³-hybridized carbons (Fsp3) is 0.667. The number of hydrazine groups is 2. The SMILES string of the molecule is CC(=S)N(C)NC(=O)CC(=O)NN(C)C(C)S. The van der Waals surface area contributed by atoms with E-state index in [-0.39, 0.29) is 11.8 Å². The molecule has 6 nitrogen and oxygen atoms in total. The summed E-state index contributed by atoms with van der Waals surface area (Å²) in [6, 6.07) is 0. The molecule has 0 fully saturated rings. The maximum atomic E-state index is 11.4. The van der Waals surface area contributed by atoms with Gasteiger partial charge in [-0.3, -0.25) is 25.4 Å². The van der Waals surface area contributed by atoms with Crippen molar-refractivity contribution in [3.63, 3.8) is 0 Å². The maximum Gasteiger partial charge on any atom is 0.247 e. The van der Waals surface area contributed by atoms with Crippen molar-refractivity contribution in [2.75, 3.05) is 14.1 Å². The first-order valence-corrected chi connectivity index (χ1v) is 5.90. The van der Waals surface area contributed by atoms with Gasteiger partial charge >= 0.3 is 0 Å². The first-order valence-electron chi connectivity index (χ1n) is 4.98. The Balaban J connectivity index is 4.05. The highest BCUT2D eigenvalue weighted by Crippen LogP contribution is 1.95. The van der Waals surface area contributed by atoms with Gasteiger partial charge in [-0.05, 0) is 13.8 Å². The zero-order valence-electron chi connectivity index (χ0n) is 10.4. The fourth-order valence-electron chi connectivity index (χ4n) is 0.781. The van der Waals surface area contributed by atoms with Crippen LogP contribution in [0.1, 0.15) is 20.3 Å². The quantitative estimate of drug-likeness (QED) is 0.221. The minimum Gasteiger partial charge on any atom is -0.288 e. The third kappa shape index (κ3) is 7.14. The summed E-state index contributed by atoms with van der Waals surface area (Å²) in [6.45, 7) is 3.47. The smallest absolute Gasteiger partial charge is 0.247 e. The van der Waals surface area contributed by atoms with Crippen molar-refractivity contribution in [2.24, 2.45) is 0 Å². The molecule has 0 aromatic heterocycles. The molecule has 0 rings (SSSR count). The van der Waals surface area contributed by atoms with Crippen molar-refractivity contribution in [1.29, 1.82) is 0 Å². The average molecular weight is 278 g/mol. The fourth-order valence-corrected chi connectivity index (χ4v) is 0.884. The third-order valence-electron chi connectivity index (χ3n) is 1.95. The Morgan fingerprint density at radius 2 is 1.76 bits per heavy atom. The highest BCUT2D eigenvalue weighted by molar-refractivity contribution is 7.80. The summed E-state index contributed by atoms with van der Waals surface area (Å²) in [5.74, 6) is -0.823. The molecule has 0 aromatic rings. The minimum absolute atomic E-state index is 0.132. The second-order valence-electron chi connectivity index (χ2n) is 3.57. The van der Waals surface area contributed by atoms with E-state index in [1.807, 2.05) is 0 Å². The van der Waals surface area contributed by atoms with Crippen LogP contribution in [-0.2, 0) is 9.59 Å². The lowest BCUT2D eigenvalue weighted by atomic mass is 10.4. The van der Waals surface area contributed by atoms with E-state index in [0.717, 1.165) is 0 Å². The summed E-state index contributed by atoms with van der Waals surface area (Å²) >= 11 is 8.97. The highest BCUT2D eigenvalue weighted by Gasteiger charge is 2.13. The molecule has 0 heterocycles. The van der Waals surface area contributed by atoms with Gasteiger partial charge in [0.1, 0.15) is 6.42 Å². The number of thiocarbonyl (C=S) groups is 1. The number of hydrogen-bond acceptors (Lipinski definition) is 5. The van der Waals surface area contributed by atoms with Crippen LogP contribution in [0.3, 0.4) is 0 Å². The molecule has 0 saturated carbocycles. The molecule has 0 saturated heterocycles. The number of nitrogens with one attached hydrogen (secondary N) is 2. The van der Waals surface area contributed by atoms with Gasteiger partial charge in [0.25, 0.3) is 0 Å². The molecular formula is C9H18N4O2S2. The van der Waals surface area contributed by atoms with Gasteiger partial charge in [-0.15, -0.1) is 0 Å². The van der Waals surface area contributed by atoms with Crippen molar-refractivity contribution in [1.82, 2.24) is 20.9 Å². The number of thiol groups is 1. The first kappa shape index (κ1) is 16.1. The molecule has 0 radical (unpaired) electrons. The van der Waals surface area contributed by atoms with Crippen molar-refractivity contribution >= 4 is 41.6 Å². The second-order valence-corrected chi connectivity index (χ2v) is 4.91. The lowest BCUT2D eigenvalue weighted by Gasteiger charge is -2.22. The van der Waals surface area contributed by atoms with Gasteiger partial charge in [-0.1, -0.05) is 12.2 Å². The molecule has 8 heteroatoms. The summed E-state index contributed by atoms with van der Waals surface area (Å²) in [7, 11) is 3.28. The Bertz CT molecular complexity index is 309. The van der Waals surface area contributed by atoms with Crippen LogP contribution in [0.15, 0.2) is 0 Å². The van der Waals surface area contributed by atoms with E-state index < -0.39 is 11.8 Å². The van der Waals surface area contributed by atoms with Crippen LogP contribution in [0, 0.1) is 0 Å². The van der Waals surface area contributed by atoms with E-state index in [1.165, 1.54) is 10.0 Å². The molecule has 0 spiro atoms. The van der Waals surface area contributed by atoms with E-state index in [4.69, 9.17) is 12.2 Å². The van der Waals surface area contributed by atoms with Gasteiger partial charge in [0, 0.05) is 14.1 Å². The zero-order chi connectivity index (χ0) is 13.6. The Morgan fingerprint density at radius 1 is 1.29 bits per heavy atom. The largest absolute Gasteiger partial charge is 0.288 e. The number of rotatable bonds is 4. The Morgan fingerprint density at radius 3 is 2.18 bits per heavy atom. The highest BCUT2D eigenvalue weighted by atomic mass is 32.1. The van der Waals surface area contributed by atoms with Crippen LogP contribution in [0.5, 0.6) is 0 Å². The lowest BCUT2D eigenvalue weighted by Crippen LogP contribution is -2.46. The number of carbonyl (C=O) groups is 2. The van der Waals surface area contributed by atoms with Crippen molar-refractivity contribution in [3.8, 4) is 0 Å². The molecule has 17 heavy (non-hydrogen) atoms. The summed E-state index contributed by atoms with van der Waals surface area (Å²) < 4.78 is 0. The molecule has 0 aliphatic heterocycles. The Labute approximate surface area is 112 Å². The van der Waals surface area contributed by atoms with Crippen LogP contribution in [0.2, 0.25) is 0 Å². The topological polar surface area (TPSA) is 64.7 Å². The van der Waals surface area contributed by atoms with E-state index in [9.17, 15) is 9.59 Å². The molecule has 0 bridgehead atoms. The number of hydrogen-bond donors (Lipinski definition) is 3. The predicted octanol–water partition coefficient (Wildman–Crippen LogP) is -0.0744. The zero-order valence-corrected chi connectivity index (χ0v) is 12.1. The average Bonchev–Trinajstić information content (AvgIpc) is 2.16. The number of nitrogens with zero attached hydrogens (tertiary/aromatic N) is 2. The monoisotopic (exact) mass is 278 g/mol. The summed E-state index contributed by atoms with van der Waals surface area (Å²) in [5, 5.41) is 2.76. The van der Waals surface area contributed by atoms with Crippen LogP contribution in [0.4, 0.5) is 0 Å².